The van der Waals surface area contributed by atoms with Crippen molar-refractivity contribution >= 4 is 19.2 Å². The minimum atomic E-state index is -3.57. The molecule has 0 rings (SSSR count). The molecule has 0 aliphatic heterocycles. The van der Waals surface area contributed by atoms with E-state index in [2.05, 4.69) is 6.58 Å². The number of hydrogen-bond donors (Lipinski definition) is 0. The molecule has 0 aromatic rings. The molecule has 0 aromatic heterocycles. The van der Waals surface area contributed by atoms with Crippen LogP contribution in [0.1, 0.15) is 34.6 Å². The van der Waals surface area contributed by atoms with E-state index in [0.717, 1.165) is 0 Å². The van der Waals surface area contributed by atoms with E-state index in [1.807, 2.05) is 0 Å². The van der Waals surface area contributed by atoms with Gasteiger partial charge in [-0.2, -0.15) is 0 Å². The van der Waals surface area contributed by atoms with E-state index in [9.17, 15) is 4.57 Å². The summed E-state index contributed by atoms with van der Waals surface area (Å²) in [6.07, 6.45) is 0.977. The summed E-state index contributed by atoms with van der Waals surface area (Å²) >= 11 is 6.13. The normalized spacial score (nSPS) is 16.2. The van der Waals surface area contributed by atoms with Crippen LogP contribution < -0.4 is 0 Å². The zero-order valence-corrected chi connectivity index (χ0v) is 12.8. The summed E-state index contributed by atoms with van der Waals surface area (Å²) in [6, 6.07) is 0. The van der Waals surface area contributed by atoms with Gasteiger partial charge in [0.05, 0.1) is 18.8 Å². The third-order valence-electron chi connectivity index (χ3n) is 1.65. The van der Waals surface area contributed by atoms with Gasteiger partial charge < -0.3 is 13.8 Å². The first-order valence-electron chi connectivity index (χ1n) is 5.55. The monoisotopic (exact) mass is 284 g/mol. The van der Waals surface area contributed by atoms with Crippen molar-refractivity contribution in [2.45, 2.75) is 51.6 Å². The van der Waals surface area contributed by atoms with Crippen LogP contribution in [0.4, 0.5) is 0 Å². The predicted molar refractivity (Wildman–Crippen MR) is 70.5 cm³/mol. The van der Waals surface area contributed by atoms with Crippen LogP contribution in [0.5, 0.6) is 0 Å². The summed E-state index contributed by atoms with van der Waals surface area (Å²) < 4.78 is 28.6. The van der Waals surface area contributed by atoms with Gasteiger partial charge in [-0.25, -0.2) is 0 Å². The molecule has 1 atom stereocenters. The van der Waals surface area contributed by atoms with Crippen LogP contribution in [0.15, 0.2) is 12.7 Å². The Balaban J connectivity index is 5.00. The second-order valence-corrected chi connectivity index (χ2v) is 7.53. The molecule has 4 nitrogen and oxygen atoms in total. The van der Waals surface area contributed by atoms with Crippen molar-refractivity contribution in [3.8, 4) is 0 Å². The van der Waals surface area contributed by atoms with Crippen LogP contribution in [0.25, 0.3) is 0 Å². The minimum Gasteiger partial charge on any atom is -0.345 e. The zero-order valence-electron chi connectivity index (χ0n) is 11.1. The van der Waals surface area contributed by atoms with Gasteiger partial charge >= 0.3 is 7.60 Å². The average molecular weight is 285 g/mol. The fourth-order valence-electron chi connectivity index (χ4n) is 1.06. The van der Waals surface area contributed by atoms with Crippen molar-refractivity contribution in [3.05, 3.63) is 12.7 Å². The first-order valence-corrected chi connectivity index (χ1v) is 7.47. The third kappa shape index (κ3) is 5.54. The number of hydrogen-bond acceptors (Lipinski definition) is 4. The summed E-state index contributed by atoms with van der Waals surface area (Å²) in [4.78, 5) is -1.52. The van der Waals surface area contributed by atoms with Crippen molar-refractivity contribution < 1.29 is 18.3 Å². The van der Waals surface area contributed by atoms with Crippen molar-refractivity contribution in [2.24, 2.45) is 0 Å². The Morgan fingerprint density at radius 1 is 1.29 bits per heavy atom. The first kappa shape index (κ1) is 17.1. The molecule has 0 bridgehead atoms. The van der Waals surface area contributed by atoms with Gasteiger partial charge in [0, 0.05) is 0 Å². The molecule has 0 heterocycles. The Hall–Kier alpha value is 0.140. The summed E-state index contributed by atoms with van der Waals surface area (Å²) in [6.45, 7) is 12.2. The van der Waals surface area contributed by atoms with Crippen molar-refractivity contribution in [2.75, 3.05) is 6.61 Å². The highest BCUT2D eigenvalue weighted by Crippen LogP contribution is 2.63. The molecule has 0 saturated carbocycles. The molecule has 102 valence electrons. The molecule has 0 N–H and O–H groups in total. The zero-order chi connectivity index (χ0) is 13.7. The third-order valence-corrected chi connectivity index (χ3v) is 4.89. The SMILES string of the molecule is C=CCOC(C)(Cl)P(=O)(OC(C)C)OC(C)C. The van der Waals surface area contributed by atoms with Crippen LogP contribution in [0, 0.1) is 0 Å². The number of rotatable bonds is 8. The van der Waals surface area contributed by atoms with Crippen LogP contribution in [0.3, 0.4) is 0 Å². The molecular weight excluding hydrogens is 263 g/mol. The molecule has 0 radical (unpaired) electrons. The highest BCUT2D eigenvalue weighted by Gasteiger charge is 2.48. The minimum absolute atomic E-state index is 0.174. The van der Waals surface area contributed by atoms with Crippen LogP contribution in [-0.4, -0.2) is 23.6 Å². The van der Waals surface area contributed by atoms with Crippen molar-refractivity contribution in [1.82, 2.24) is 0 Å². The topological polar surface area (TPSA) is 44.8 Å². The van der Waals surface area contributed by atoms with Gasteiger partial charge in [0.15, 0.2) is 0 Å². The lowest BCUT2D eigenvalue weighted by molar-refractivity contribution is 0.0513. The molecule has 0 amide bonds. The lowest BCUT2D eigenvalue weighted by Crippen LogP contribution is -2.27. The van der Waals surface area contributed by atoms with Gasteiger partial charge in [0.25, 0.3) is 0 Å². The van der Waals surface area contributed by atoms with E-state index < -0.39 is 12.4 Å². The maximum absolute atomic E-state index is 12.6. The Morgan fingerprint density at radius 2 is 1.71 bits per heavy atom. The molecule has 0 aliphatic carbocycles. The van der Waals surface area contributed by atoms with E-state index >= 15 is 0 Å². The van der Waals surface area contributed by atoms with Gasteiger partial charge in [-0.3, -0.25) is 4.57 Å². The molecule has 0 fully saturated rings. The second kappa shape index (κ2) is 6.91. The van der Waals surface area contributed by atoms with Gasteiger partial charge in [-0.15, -0.1) is 6.58 Å². The van der Waals surface area contributed by atoms with E-state index in [0.29, 0.717) is 0 Å². The maximum atomic E-state index is 12.6. The summed E-state index contributed by atoms with van der Waals surface area (Å²) in [5.41, 5.74) is 0. The number of halogens is 1. The first-order chi connectivity index (χ1) is 7.64. The summed E-state index contributed by atoms with van der Waals surface area (Å²) in [5, 5.41) is 0. The van der Waals surface area contributed by atoms with Crippen LogP contribution in [-0.2, 0) is 18.3 Å². The highest BCUT2D eigenvalue weighted by atomic mass is 35.5. The van der Waals surface area contributed by atoms with Crippen LogP contribution in [0.2, 0.25) is 0 Å². The smallest absolute Gasteiger partial charge is 0.345 e. The average Bonchev–Trinajstić information content (AvgIpc) is 2.11. The number of alkyl halides is 1. The molecular formula is C11H22ClO4P. The Labute approximate surface area is 109 Å². The molecule has 1 unspecified atom stereocenters. The maximum Gasteiger partial charge on any atom is 0.377 e. The molecule has 0 saturated heterocycles. The molecule has 0 spiro atoms. The van der Waals surface area contributed by atoms with Crippen molar-refractivity contribution in [3.63, 3.8) is 0 Å². The second-order valence-electron chi connectivity index (χ2n) is 4.28. The standard InChI is InChI=1S/C11H22ClO4P/c1-7-8-14-11(6,12)17(13,15-9(2)3)16-10(4)5/h7,9-10H,1,8H2,2-6H3. The van der Waals surface area contributed by atoms with Gasteiger partial charge in [0.2, 0.25) is 4.80 Å². The predicted octanol–water partition coefficient (Wildman–Crippen LogP) is 4.14. The van der Waals surface area contributed by atoms with E-state index in [1.165, 1.54) is 13.0 Å². The lowest BCUT2D eigenvalue weighted by atomic mass is 10.5. The van der Waals surface area contributed by atoms with E-state index in [1.54, 1.807) is 27.7 Å². The largest absolute Gasteiger partial charge is 0.377 e. The summed E-state index contributed by atoms with van der Waals surface area (Å²) in [7, 11) is -3.57. The highest BCUT2D eigenvalue weighted by molar-refractivity contribution is 7.57. The Morgan fingerprint density at radius 3 is 2.00 bits per heavy atom. The molecule has 0 aliphatic rings. The fraction of sp³-hybridized carbons (Fsp3) is 0.818. The Kier molecular flexibility index (Phi) is 6.97. The summed E-state index contributed by atoms with van der Waals surface area (Å²) in [5.74, 6) is 0. The van der Waals surface area contributed by atoms with Gasteiger partial charge in [0.1, 0.15) is 0 Å². The van der Waals surface area contributed by atoms with Crippen LogP contribution >= 0.6 is 19.2 Å². The molecule has 0 aromatic carbocycles. The van der Waals surface area contributed by atoms with E-state index in [4.69, 9.17) is 25.4 Å². The number of ether oxygens (including phenoxy) is 1. The molecule has 6 heteroatoms. The van der Waals surface area contributed by atoms with Crippen molar-refractivity contribution in [1.29, 1.82) is 0 Å². The quantitative estimate of drug-likeness (QED) is 0.382. The van der Waals surface area contributed by atoms with Gasteiger partial charge in [-0.1, -0.05) is 17.7 Å². The van der Waals surface area contributed by atoms with Gasteiger partial charge in [-0.05, 0) is 34.6 Å². The fourth-order valence-corrected chi connectivity index (χ4v) is 3.13. The van der Waals surface area contributed by atoms with E-state index in [-0.39, 0.29) is 18.8 Å². The lowest BCUT2D eigenvalue weighted by Gasteiger charge is -2.33. The molecule has 17 heavy (non-hydrogen) atoms. The Bertz CT molecular complexity index is 275.